The number of hydrazone groups is 1. The van der Waals surface area contributed by atoms with Crippen LogP contribution in [-0.2, 0) is 16.0 Å². The maximum absolute atomic E-state index is 12.0. The predicted octanol–water partition coefficient (Wildman–Crippen LogP) is 3.91. The van der Waals surface area contributed by atoms with Gasteiger partial charge in [-0.05, 0) is 36.8 Å². The number of hydrogen-bond donors (Lipinski definition) is 1. The van der Waals surface area contributed by atoms with Crippen molar-refractivity contribution in [3.8, 4) is 0 Å². The zero-order chi connectivity index (χ0) is 15.8. The van der Waals surface area contributed by atoms with Crippen molar-refractivity contribution in [2.75, 3.05) is 12.0 Å². The smallest absolute Gasteiger partial charge is 0.354 e. The summed E-state index contributed by atoms with van der Waals surface area (Å²) in [5.41, 5.74) is 4.92. The summed E-state index contributed by atoms with van der Waals surface area (Å²) in [7, 11) is 0. The number of nitrogens with one attached hydrogen (secondary N) is 1. The quantitative estimate of drug-likeness (QED) is 0.499. The molecule has 0 spiro atoms. The molecular formula is C17H17ClN2O2. The molecular weight excluding hydrogens is 300 g/mol. The molecule has 2 rings (SSSR count). The molecule has 5 heteroatoms. The first-order valence-electron chi connectivity index (χ1n) is 6.98. The first-order valence-corrected chi connectivity index (χ1v) is 7.36. The standard InChI is InChI=1S/C17H17ClN2O2/c1-2-22-17(21)16(12-13-6-4-3-5-7-13)20-19-15-10-8-14(18)9-11-15/h3-11,19H,2,12H2,1H3/b20-16-. The summed E-state index contributed by atoms with van der Waals surface area (Å²) in [5.74, 6) is -0.423. The lowest BCUT2D eigenvalue weighted by Gasteiger charge is -2.07. The SMILES string of the molecule is CCOC(=O)/C(Cc1ccccc1)=N\Nc1ccc(Cl)cc1. The summed E-state index contributed by atoms with van der Waals surface area (Å²) >= 11 is 5.84. The van der Waals surface area contributed by atoms with Crippen LogP contribution < -0.4 is 5.43 Å². The summed E-state index contributed by atoms with van der Waals surface area (Å²) in [6.07, 6.45) is 0.403. The molecule has 0 saturated heterocycles. The number of rotatable bonds is 6. The molecule has 22 heavy (non-hydrogen) atoms. The van der Waals surface area contributed by atoms with Gasteiger partial charge in [0.1, 0.15) is 5.71 Å². The number of hydrogen-bond acceptors (Lipinski definition) is 4. The van der Waals surface area contributed by atoms with Gasteiger partial charge in [0.05, 0.1) is 12.3 Å². The van der Waals surface area contributed by atoms with Crippen LogP contribution in [0, 0.1) is 0 Å². The molecule has 2 aromatic rings. The summed E-state index contributed by atoms with van der Waals surface area (Å²) in [6.45, 7) is 2.08. The second kappa shape index (κ2) is 8.20. The number of halogens is 1. The number of carbonyl (C=O) groups is 1. The van der Waals surface area contributed by atoms with E-state index in [0.29, 0.717) is 23.8 Å². The molecule has 2 aromatic carbocycles. The number of nitrogens with zero attached hydrogens (tertiary/aromatic N) is 1. The zero-order valence-corrected chi connectivity index (χ0v) is 13.0. The van der Waals surface area contributed by atoms with Gasteiger partial charge in [-0.3, -0.25) is 5.43 Å². The number of esters is 1. The maximum atomic E-state index is 12.0. The maximum Gasteiger partial charge on any atom is 0.354 e. The number of ether oxygens (including phenoxy) is 1. The third-order valence-electron chi connectivity index (χ3n) is 2.89. The van der Waals surface area contributed by atoms with Crippen LogP contribution in [0.3, 0.4) is 0 Å². The lowest BCUT2D eigenvalue weighted by Crippen LogP contribution is -2.21. The molecule has 0 amide bonds. The van der Waals surface area contributed by atoms with E-state index in [4.69, 9.17) is 16.3 Å². The molecule has 114 valence electrons. The van der Waals surface area contributed by atoms with E-state index in [9.17, 15) is 4.79 Å². The third-order valence-corrected chi connectivity index (χ3v) is 3.14. The van der Waals surface area contributed by atoms with Crippen molar-refractivity contribution < 1.29 is 9.53 Å². The molecule has 0 bridgehead atoms. The van der Waals surface area contributed by atoms with E-state index in [1.807, 2.05) is 30.3 Å². The highest BCUT2D eigenvalue weighted by atomic mass is 35.5. The highest BCUT2D eigenvalue weighted by Gasteiger charge is 2.13. The van der Waals surface area contributed by atoms with Crippen LogP contribution in [0.25, 0.3) is 0 Å². The van der Waals surface area contributed by atoms with E-state index < -0.39 is 5.97 Å². The first kappa shape index (κ1) is 16.0. The number of benzene rings is 2. The van der Waals surface area contributed by atoms with Crippen molar-refractivity contribution in [1.82, 2.24) is 0 Å². The summed E-state index contributed by atoms with van der Waals surface area (Å²) in [4.78, 5) is 12.0. The molecule has 0 heterocycles. The molecule has 4 nitrogen and oxygen atoms in total. The summed E-state index contributed by atoms with van der Waals surface area (Å²) in [6, 6.07) is 16.7. The lowest BCUT2D eigenvalue weighted by atomic mass is 10.1. The Labute approximate surface area is 134 Å². The van der Waals surface area contributed by atoms with Gasteiger partial charge in [0, 0.05) is 11.4 Å². The fourth-order valence-electron chi connectivity index (χ4n) is 1.82. The third kappa shape index (κ3) is 4.90. The molecule has 0 atom stereocenters. The van der Waals surface area contributed by atoms with Crippen LogP contribution in [0.5, 0.6) is 0 Å². The fraction of sp³-hybridized carbons (Fsp3) is 0.176. The average molecular weight is 317 g/mol. The van der Waals surface area contributed by atoms with E-state index in [-0.39, 0.29) is 0 Å². The van der Waals surface area contributed by atoms with Crippen LogP contribution in [0.4, 0.5) is 5.69 Å². The monoisotopic (exact) mass is 316 g/mol. The molecule has 0 saturated carbocycles. The Hall–Kier alpha value is -2.33. The molecule has 0 radical (unpaired) electrons. The van der Waals surface area contributed by atoms with Crippen molar-refractivity contribution in [2.45, 2.75) is 13.3 Å². The summed E-state index contributed by atoms with van der Waals surface area (Å²) < 4.78 is 5.05. The molecule has 0 aliphatic heterocycles. The number of anilines is 1. The van der Waals surface area contributed by atoms with Crippen molar-refractivity contribution >= 4 is 29.0 Å². The minimum absolute atomic E-state index is 0.313. The van der Waals surface area contributed by atoms with Gasteiger partial charge < -0.3 is 4.74 Å². The molecule has 1 N–H and O–H groups in total. The van der Waals surface area contributed by atoms with Crippen molar-refractivity contribution in [1.29, 1.82) is 0 Å². The normalized spacial score (nSPS) is 11.1. The molecule has 0 aliphatic rings. The Morgan fingerprint density at radius 3 is 2.45 bits per heavy atom. The molecule has 0 fully saturated rings. The van der Waals surface area contributed by atoms with Crippen LogP contribution >= 0.6 is 11.6 Å². The molecule has 0 aliphatic carbocycles. The minimum Gasteiger partial charge on any atom is -0.461 e. The Balaban J connectivity index is 2.14. The van der Waals surface area contributed by atoms with Gasteiger partial charge in [-0.2, -0.15) is 5.10 Å². The second-order valence-electron chi connectivity index (χ2n) is 4.56. The van der Waals surface area contributed by atoms with E-state index in [1.54, 1.807) is 31.2 Å². The van der Waals surface area contributed by atoms with Crippen LogP contribution in [0.15, 0.2) is 59.7 Å². The highest BCUT2D eigenvalue weighted by molar-refractivity contribution is 6.37. The Bertz CT molecular complexity index is 639. The van der Waals surface area contributed by atoms with Gasteiger partial charge in [0.15, 0.2) is 0 Å². The minimum atomic E-state index is -0.423. The number of carbonyl (C=O) groups excluding carboxylic acids is 1. The van der Waals surface area contributed by atoms with Gasteiger partial charge in [-0.15, -0.1) is 0 Å². The van der Waals surface area contributed by atoms with Gasteiger partial charge in [-0.1, -0.05) is 41.9 Å². The largest absolute Gasteiger partial charge is 0.461 e. The predicted molar refractivity (Wildman–Crippen MR) is 89.3 cm³/mol. The van der Waals surface area contributed by atoms with Crippen LogP contribution in [0.2, 0.25) is 5.02 Å². The topological polar surface area (TPSA) is 50.7 Å². The zero-order valence-electron chi connectivity index (χ0n) is 12.3. The second-order valence-corrected chi connectivity index (χ2v) is 5.00. The van der Waals surface area contributed by atoms with Crippen LogP contribution in [0.1, 0.15) is 12.5 Å². The Kier molecular flexibility index (Phi) is 5.98. The van der Waals surface area contributed by atoms with Crippen molar-refractivity contribution in [2.24, 2.45) is 5.10 Å². The van der Waals surface area contributed by atoms with E-state index in [0.717, 1.165) is 11.3 Å². The van der Waals surface area contributed by atoms with Crippen LogP contribution in [-0.4, -0.2) is 18.3 Å². The first-order chi connectivity index (χ1) is 10.7. The Morgan fingerprint density at radius 1 is 1.14 bits per heavy atom. The fourth-order valence-corrected chi connectivity index (χ4v) is 1.94. The highest BCUT2D eigenvalue weighted by Crippen LogP contribution is 2.13. The Morgan fingerprint density at radius 2 is 1.82 bits per heavy atom. The molecule has 0 aromatic heterocycles. The van der Waals surface area contributed by atoms with Gasteiger partial charge in [-0.25, -0.2) is 4.79 Å². The van der Waals surface area contributed by atoms with Crippen molar-refractivity contribution in [3.63, 3.8) is 0 Å². The molecule has 0 unspecified atom stereocenters. The van der Waals surface area contributed by atoms with Gasteiger partial charge >= 0.3 is 5.97 Å². The summed E-state index contributed by atoms with van der Waals surface area (Å²) in [5, 5.41) is 4.83. The van der Waals surface area contributed by atoms with Crippen molar-refractivity contribution in [3.05, 3.63) is 65.2 Å². The average Bonchev–Trinajstić information content (AvgIpc) is 2.54. The van der Waals surface area contributed by atoms with Gasteiger partial charge in [0.2, 0.25) is 0 Å². The van der Waals surface area contributed by atoms with Gasteiger partial charge in [0.25, 0.3) is 0 Å². The van der Waals surface area contributed by atoms with E-state index in [2.05, 4.69) is 10.5 Å². The lowest BCUT2D eigenvalue weighted by molar-refractivity contribution is -0.135. The van der Waals surface area contributed by atoms with E-state index >= 15 is 0 Å². The van der Waals surface area contributed by atoms with E-state index in [1.165, 1.54) is 0 Å².